The van der Waals surface area contributed by atoms with Crippen LogP contribution in [0.3, 0.4) is 0 Å². The Labute approximate surface area is 151 Å². The topological polar surface area (TPSA) is 90.6 Å². The van der Waals surface area contributed by atoms with Crippen molar-refractivity contribution >= 4 is 23.3 Å². The number of aromatic nitrogens is 2. The number of nitrogens with one attached hydrogen (secondary N) is 2. The quantitative estimate of drug-likeness (QED) is 0.861. The number of urea groups is 1. The third-order valence-electron chi connectivity index (χ3n) is 4.94. The molecular weight excluding hydrogens is 334 g/mol. The fourth-order valence-electron chi connectivity index (χ4n) is 3.37. The van der Waals surface area contributed by atoms with Crippen molar-refractivity contribution < 1.29 is 14.3 Å². The molecule has 2 N–H and O–H groups in total. The molecule has 2 aromatic rings. The van der Waals surface area contributed by atoms with Crippen molar-refractivity contribution in [3.63, 3.8) is 0 Å². The number of amides is 3. The van der Waals surface area contributed by atoms with Crippen molar-refractivity contribution in [2.45, 2.75) is 26.3 Å². The highest BCUT2D eigenvalue weighted by atomic mass is 16.5. The Bertz CT molecular complexity index is 862. The van der Waals surface area contributed by atoms with E-state index in [1.54, 1.807) is 35.0 Å². The molecule has 0 saturated carbocycles. The second-order valence-corrected chi connectivity index (χ2v) is 6.51. The van der Waals surface area contributed by atoms with E-state index < -0.39 is 0 Å². The minimum absolute atomic E-state index is 0.0375. The van der Waals surface area contributed by atoms with Gasteiger partial charge >= 0.3 is 6.03 Å². The van der Waals surface area contributed by atoms with E-state index in [4.69, 9.17) is 4.74 Å². The van der Waals surface area contributed by atoms with Crippen molar-refractivity contribution in [1.29, 1.82) is 0 Å². The molecule has 26 heavy (non-hydrogen) atoms. The number of benzene rings is 1. The van der Waals surface area contributed by atoms with Gasteiger partial charge in [-0.05, 0) is 24.6 Å². The predicted octanol–water partition coefficient (Wildman–Crippen LogP) is 1.92. The van der Waals surface area contributed by atoms with Gasteiger partial charge in [-0.15, -0.1) is 0 Å². The zero-order valence-corrected chi connectivity index (χ0v) is 14.8. The van der Waals surface area contributed by atoms with E-state index in [-0.39, 0.29) is 18.5 Å². The molecule has 0 fully saturated rings. The molecule has 8 heteroatoms. The number of ether oxygens (including phenoxy) is 1. The second kappa shape index (κ2) is 6.36. The fraction of sp³-hybridized carbons (Fsp3) is 0.389. The third kappa shape index (κ3) is 2.77. The number of aryl methyl sites for hydroxylation is 1. The van der Waals surface area contributed by atoms with Crippen LogP contribution < -0.4 is 15.0 Å². The maximum absolute atomic E-state index is 12.7. The Kier molecular flexibility index (Phi) is 4.02. The van der Waals surface area contributed by atoms with Crippen LogP contribution in [0.1, 0.15) is 23.9 Å². The summed E-state index contributed by atoms with van der Waals surface area (Å²) in [5, 5.41) is 10.3. The molecule has 4 rings (SSSR count). The van der Waals surface area contributed by atoms with E-state index in [9.17, 15) is 9.59 Å². The first-order valence-electron chi connectivity index (χ1n) is 8.71. The van der Waals surface area contributed by atoms with Crippen LogP contribution in [0.2, 0.25) is 0 Å². The molecule has 3 heterocycles. The van der Waals surface area contributed by atoms with Gasteiger partial charge in [-0.25, -0.2) is 4.79 Å². The van der Waals surface area contributed by atoms with Crippen LogP contribution in [0.5, 0.6) is 5.75 Å². The first kappa shape index (κ1) is 16.4. The van der Waals surface area contributed by atoms with Gasteiger partial charge in [-0.3, -0.25) is 9.89 Å². The lowest BCUT2D eigenvalue weighted by molar-refractivity contribution is -0.120. The van der Waals surface area contributed by atoms with E-state index in [2.05, 4.69) is 22.4 Å². The number of likely N-dealkylation sites (N-methyl/N-ethyl adjacent to an activating group) is 1. The van der Waals surface area contributed by atoms with Crippen LogP contribution in [-0.2, 0) is 24.2 Å². The molecule has 0 aliphatic carbocycles. The molecule has 136 valence electrons. The number of hydrogen-bond acceptors (Lipinski definition) is 4. The van der Waals surface area contributed by atoms with Crippen LogP contribution in [0.25, 0.3) is 0 Å². The zero-order chi connectivity index (χ0) is 18.3. The lowest BCUT2D eigenvalue weighted by Gasteiger charge is -2.28. The fourth-order valence-corrected chi connectivity index (χ4v) is 3.37. The number of carbonyl (C=O) groups excluding carboxylic acids is 2. The normalized spacial score (nSPS) is 16.0. The number of anilines is 2. The monoisotopic (exact) mass is 355 g/mol. The largest absolute Gasteiger partial charge is 0.482 e. The summed E-state index contributed by atoms with van der Waals surface area (Å²) in [7, 11) is 1.70. The van der Waals surface area contributed by atoms with E-state index >= 15 is 0 Å². The van der Waals surface area contributed by atoms with Gasteiger partial charge in [0.2, 0.25) is 0 Å². The van der Waals surface area contributed by atoms with E-state index in [1.807, 2.05) is 0 Å². The molecule has 0 spiro atoms. The Morgan fingerprint density at radius 3 is 3.08 bits per heavy atom. The van der Waals surface area contributed by atoms with Gasteiger partial charge in [-0.1, -0.05) is 6.92 Å². The van der Waals surface area contributed by atoms with E-state index in [0.29, 0.717) is 30.2 Å². The number of H-pyrrole nitrogens is 1. The van der Waals surface area contributed by atoms with Crippen LogP contribution in [0, 0.1) is 0 Å². The smallest absolute Gasteiger partial charge is 0.322 e. The molecule has 1 aromatic heterocycles. The molecule has 2 aliphatic rings. The number of carbonyl (C=O) groups is 2. The van der Waals surface area contributed by atoms with E-state index in [0.717, 1.165) is 29.8 Å². The van der Waals surface area contributed by atoms with Crippen LogP contribution in [0.15, 0.2) is 18.2 Å². The minimum Gasteiger partial charge on any atom is -0.482 e. The maximum atomic E-state index is 12.7. The van der Waals surface area contributed by atoms with Crippen LogP contribution in [0.4, 0.5) is 16.2 Å². The second-order valence-electron chi connectivity index (χ2n) is 6.51. The molecule has 2 aliphatic heterocycles. The highest BCUT2D eigenvalue weighted by molar-refractivity contribution is 5.99. The Hall–Kier alpha value is -3.03. The number of hydrogen-bond donors (Lipinski definition) is 2. The van der Waals surface area contributed by atoms with Gasteiger partial charge in [0.25, 0.3) is 5.91 Å². The van der Waals surface area contributed by atoms with E-state index in [1.165, 1.54) is 0 Å². The number of fused-ring (bicyclic) bond motifs is 2. The van der Waals surface area contributed by atoms with Crippen molar-refractivity contribution in [2.24, 2.45) is 0 Å². The Balaban J connectivity index is 1.50. The highest BCUT2D eigenvalue weighted by Gasteiger charge is 2.26. The average molecular weight is 355 g/mol. The lowest BCUT2D eigenvalue weighted by Crippen LogP contribution is -2.39. The molecule has 0 unspecified atom stereocenters. The molecule has 0 radical (unpaired) electrons. The first-order valence-corrected chi connectivity index (χ1v) is 8.71. The molecule has 1 aromatic carbocycles. The predicted molar refractivity (Wildman–Crippen MR) is 96.4 cm³/mol. The molecular formula is C18H21N5O3. The average Bonchev–Trinajstić information content (AvgIpc) is 3.07. The van der Waals surface area contributed by atoms with Gasteiger partial charge in [0.1, 0.15) is 5.75 Å². The minimum atomic E-state index is -0.162. The van der Waals surface area contributed by atoms with Gasteiger partial charge < -0.3 is 19.9 Å². The Morgan fingerprint density at radius 2 is 2.27 bits per heavy atom. The summed E-state index contributed by atoms with van der Waals surface area (Å²) < 4.78 is 5.41. The summed E-state index contributed by atoms with van der Waals surface area (Å²) in [6.45, 7) is 3.28. The molecule has 0 atom stereocenters. The van der Waals surface area contributed by atoms with Crippen molar-refractivity contribution in [3.8, 4) is 5.75 Å². The summed E-state index contributed by atoms with van der Waals surface area (Å²) in [6, 6.07) is 5.15. The Morgan fingerprint density at radius 1 is 1.42 bits per heavy atom. The van der Waals surface area contributed by atoms with Crippen LogP contribution in [-0.4, -0.2) is 47.2 Å². The zero-order valence-electron chi connectivity index (χ0n) is 14.8. The number of aromatic amines is 1. The van der Waals surface area contributed by atoms with Gasteiger partial charge in [0.15, 0.2) is 6.61 Å². The molecule has 0 saturated heterocycles. The van der Waals surface area contributed by atoms with Crippen molar-refractivity contribution in [2.75, 3.05) is 30.4 Å². The SMILES string of the molecule is CCc1n[nH]c2c1CN(C(=O)Nc1ccc3c(c1)N(C)C(=O)CO3)CC2. The highest BCUT2D eigenvalue weighted by Crippen LogP contribution is 2.33. The maximum Gasteiger partial charge on any atom is 0.322 e. The summed E-state index contributed by atoms with van der Waals surface area (Å²) in [5.41, 5.74) is 4.55. The number of nitrogens with zero attached hydrogens (tertiary/aromatic N) is 3. The first-order chi connectivity index (χ1) is 12.6. The summed E-state index contributed by atoms with van der Waals surface area (Å²) >= 11 is 0. The standard InChI is InChI=1S/C18H21N5O3/c1-3-13-12-9-23(7-6-14(12)21-20-13)18(25)19-11-4-5-16-15(8-11)22(2)17(24)10-26-16/h4-5,8H,3,6-7,9-10H2,1-2H3,(H,19,25)(H,20,21). The van der Waals surface area contributed by atoms with Crippen molar-refractivity contribution in [3.05, 3.63) is 35.2 Å². The third-order valence-corrected chi connectivity index (χ3v) is 4.94. The summed E-state index contributed by atoms with van der Waals surface area (Å²) in [6.07, 6.45) is 1.61. The molecule has 0 bridgehead atoms. The van der Waals surface area contributed by atoms with Gasteiger partial charge in [-0.2, -0.15) is 5.10 Å². The molecule has 8 nitrogen and oxygen atoms in total. The van der Waals surface area contributed by atoms with Crippen molar-refractivity contribution in [1.82, 2.24) is 15.1 Å². The summed E-state index contributed by atoms with van der Waals surface area (Å²) in [5.74, 6) is 0.523. The van der Waals surface area contributed by atoms with Crippen LogP contribution >= 0.6 is 0 Å². The summed E-state index contributed by atoms with van der Waals surface area (Å²) in [4.78, 5) is 27.8. The van der Waals surface area contributed by atoms with Gasteiger partial charge in [0, 0.05) is 37.0 Å². The molecule has 3 amide bonds. The lowest BCUT2D eigenvalue weighted by atomic mass is 10.0. The number of rotatable bonds is 2. The van der Waals surface area contributed by atoms with Gasteiger partial charge in [0.05, 0.1) is 17.9 Å².